The summed E-state index contributed by atoms with van der Waals surface area (Å²) < 4.78 is 2.89. The van der Waals surface area contributed by atoms with E-state index in [-0.39, 0.29) is 11.9 Å². The van der Waals surface area contributed by atoms with Crippen molar-refractivity contribution in [2.75, 3.05) is 25.0 Å². The Balaban J connectivity index is 1.52. The van der Waals surface area contributed by atoms with Gasteiger partial charge in [0.25, 0.3) is 5.91 Å². The molecule has 3 aromatic rings. The molecule has 136 valence electrons. The zero-order chi connectivity index (χ0) is 18.3. The molecule has 1 unspecified atom stereocenters. The molecule has 7 heteroatoms. The summed E-state index contributed by atoms with van der Waals surface area (Å²) in [4.78, 5) is 21.7. The van der Waals surface area contributed by atoms with E-state index in [0.717, 1.165) is 36.6 Å². The average Bonchev–Trinajstić information content (AvgIpc) is 3.26. The molecule has 0 bridgehead atoms. The van der Waals surface area contributed by atoms with Crippen LogP contribution in [0.1, 0.15) is 28.8 Å². The minimum Gasteiger partial charge on any atom is -0.346 e. The number of thiazole rings is 1. The number of aromatic nitrogens is 3. The molecule has 4 rings (SSSR count). The second-order valence-corrected chi connectivity index (χ2v) is 8.04. The zero-order valence-corrected chi connectivity index (χ0v) is 16.2. The number of amides is 1. The Morgan fingerprint density at radius 2 is 2.23 bits per heavy atom. The number of likely N-dealkylation sites (N-methyl/N-ethyl adjacent to an activating group) is 1. The van der Waals surface area contributed by atoms with Gasteiger partial charge < -0.3 is 9.80 Å². The van der Waals surface area contributed by atoms with Crippen LogP contribution >= 0.6 is 11.3 Å². The third kappa shape index (κ3) is 3.19. The lowest BCUT2D eigenvalue weighted by Crippen LogP contribution is -2.48. The molecule has 0 aliphatic carbocycles. The van der Waals surface area contributed by atoms with Crippen LogP contribution in [-0.2, 0) is 7.05 Å². The third-order valence-corrected chi connectivity index (χ3v) is 6.10. The van der Waals surface area contributed by atoms with Gasteiger partial charge in [0, 0.05) is 39.4 Å². The summed E-state index contributed by atoms with van der Waals surface area (Å²) in [6, 6.07) is 6.57. The predicted molar refractivity (Wildman–Crippen MR) is 105 cm³/mol. The molecule has 26 heavy (non-hydrogen) atoms. The SMILES string of the molecule is Cc1ccc2nc(N3CCCC(N(C)C(=O)c4cnn(C)c4)C3)sc2c1. The number of rotatable bonds is 3. The molecule has 0 saturated carbocycles. The maximum atomic E-state index is 12.7. The molecule has 2 aromatic heterocycles. The molecule has 6 nitrogen and oxygen atoms in total. The normalized spacial score (nSPS) is 17.7. The van der Waals surface area contributed by atoms with E-state index in [0.29, 0.717) is 5.56 Å². The number of nitrogens with zero attached hydrogens (tertiary/aromatic N) is 5. The minimum absolute atomic E-state index is 0.0323. The largest absolute Gasteiger partial charge is 0.346 e. The topological polar surface area (TPSA) is 54.3 Å². The van der Waals surface area contributed by atoms with Gasteiger partial charge in [0.2, 0.25) is 0 Å². The van der Waals surface area contributed by atoms with Crippen molar-refractivity contribution < 1.29 is 4.79 Å². The molecular weight excluding hydrogens is 346 g/mol. The van der Waals surface area contributed by atoms with Gasteiger partial charge in [-0.25, -0.2) is 4.98 Å². The smallest absolute Gasteiger partial charge is 0.257 e. The molecule has 1 aliphatic heterocycles. The number of piperidine rings is 1. The van der Waals surface area contributed by atoms with Crippen molar-refractivity contribution in [1.29, 1.82) is 0 Å². The van der Waals surface area contributed by atoms with Crippen LogP contribution in [-0.4, -0.2) is 51.8 Å². The molecule has 1 amide bonds. The summed E-state index contributed by atoms with van der Waals surface area (Å²) in [7, 11) is 3.72. The summed E-state index contributed by atoms with van der Waals surface area (Å²) in [6.45, 7) is 3.92. The standard InChI is InChI=1S/C19H23N5OS/c1-13-6-7-16-17(9-13)26-19(21-16)24-8-4-5-15(12-24)23(3)18(25)14-10-20-22(2)11-14/h6-7,9-11,15H,4-5,8,12H2,1-3H3. The molecule has 0 N–H and O–H groups in total. The summed E-state index contributed by atoms with van der Waals surface area (Å²) in [5.41, 5.74) is 2.95. The van der Waals surface area contributed by atoms with Gasteiger partial charge in [-0.1, -0.05) is 17.4 Å². The van der Waals surface area contributed by atoms with E-state index in [1.165, 1.54) is 10.3 Å². The van der Waals surface area contributed by atoms with E-state index in [2.05, 4.69) is 35.1 Å². The number of carbonyl (C=O) groups is 1. The minimum atomic E-state index is 0.0323. The van der Waals surface area contributed by atoms with Crippen LogP contribution in [0.3, 0.4) is 0 Å². The number of fused-ring (bicyclic) bond motifs is 1. The van der Waals surface area contributed by atoms with E-state index in [1.54, 1.807) is 28.4 Å². The maximum Gasteiger partial charge on any atom is 0.257 e. The van der Waals surface area contributed by atoms with E-state index < -0.39 is 0 Å². The van der Waals surface area contributed by atoms with E-state index in [9.17, 15) is 4.79 Å². The van der Waals surface area contributed by atoms with Crippen LogP contribution in [0, 0.1) is 6.92 Å². The van der Waals surface area contributed by atoms with Crippen LogP contribution in [0.25, 0.3) is 10.2 Å². The fourth-order valence-electron chi connectivity index (χ4n) is 3.50. The van der Waals surface area contributed by atoms with Gasteiger partial charge in [0.1, 0.15) is 0 Å². The van der Waals surface area contributed by atoms with Crippen molar-refractivity contribution in [3.63, 3.8) is 0 Å². The number of hydrogen-bond donors (Lipinski definition) is 0. The van der Waals surface area contributed by atoms with Gasteiger partial charge in [-0.05, 0) is 37.5 Å². The fraction of sp³-hybridized carbons (Fsp3) is 0.421. The van der Waals surface area contributed by atoms with Crippen molar-refractivity contribution in [3.8, 4) is 0 Å². The van der Waals surface area contributed by atoms with Crippen LogP contribution in [0.4, 0.5) is 5.13 Å². The first kappa shape index (κ1) is 17.0. The highest BCUT2D eigenvalue weighted by molar-refractivity contribution is 7.22. The monoisotopic (exact) mass is 369 g/mol. The lowest BCUT2D eigenvalue weighted by Gasteiger charge is -2.37. The molecule has 1 fully saturated rings. The molecule has 1 aliphatic rings. The van der Waals surface area contributed by atoms with Crippen molar-refractivity contribution >= 4 is 32.6 Å². The summed E-state index contributed by atoms with van der Waals surface area (Å²) >= 11 is 1.74. The molecule has 0 radical (unpaired) electrons. The Kier molecular flexibility index (Phi) is 4.40. The molecule has 1 atom stereocenters. The number of carbonyl (C=O) groups excluding carboxylic acids is 1. The van der Waals surface area contributed by atoms with Gasteiger partial charge in [-0.3, -0.25) is 9.48 Å². The molecule has 0 spiro atoms. The quantitative estimate of drug-likeness (QED) is 0.712. The van der Waals surface area contributed by atoms with Crippen molar-refractivity contribution in [3.05, 3.63) is 41.7 Å². The number of aryl methyl sites for hydroxylation is 2. The number of anilines is 1. The van der Waals surface area contributed by atoms with Gasteiger partial charge in [0.15, 0.2) is 5.13 Å². The Bertz CT molecular complexity index is 946. The van der Waals surface area contributed by atoms with Crippen molar-refractivity contribution in [2.24, 2.45) is 7.05 Å². The molecule has 1 aromatic carbocycles. The molecule has 1 saturated heterocycles. The Morgan fingerprint density at radius 1 is 1.38 bits per heavy atom. The lowest BCUT2D eigenvalue weighted by atomic mass is 10.0. The molecular formula is C19H23N5OS. The summed E-state index contributed by atoms with van der Waals surface area (Å²) in [5.74, 6) is 0.0323. The van der Waals surface area contributed by atoms with Crippen molar-refractivity contribution in [2.45, 2.75) is 25.8 Å². The highest BCUT2D eigenvalue weighted by Crippen LogP contribution is 2.31. The van der Waals surface area contributed by atoms with Gasteiger partial charge in [0.05, 0.1) is 22.0 Å². The molecule has 3 heterocycles. The van der Waals surface area contributed by atoms with Crippen LogP contribution in [0.15, 0.2) is 30.6 Å². The van der Waals surface area contributed by atoms with Crippen molar-refractivity contribution in [1.82, 2.24) is 19.7 Å². The van der Waals surface area contributed by atoms with Crippen LogP contribution in [0.2, 0.25) is 0 Å². The van der Waals surface area contributed by atoms with E-state index in [4.69, 9.17) is 4.98 Å². The van der Waals surface area contributed by atoms with Crippen LogP contribution < -0.4 is 4.90 Å². The second kappa shape index (κ2) is 6.72. The Morgan fingerprint density at radius 3 is 3.00 bits per heavy atom. The maximum absolute atomic E-state index is 12.7. The second-order valence-electron chi connectivity index (χ2n) is 7.03. The van der Waals surface area contributed by atoms with Crippen LogP contribution in [0.5, 0.6) is 0 Å². The van der Waals surface area contributed by atoms with Gasteiger partial charge >= 0.3 is 0 Å². The fourth-order valence-corrected chi connectivity index (χ4v) is 4.60. The highest BCUT2D eigenvalue weighted by Gasteiger charge is 2.28. The first-order valence-electron chi connectivity index (χ1n) is 8.89. The lowest BCUT2D eigenvalue weighted by molar-refractivity contribution is 0.0717. The predicted octanol–water partition coefficient (Wildman–Crippen LogP) is 3.08. The van der Waals surface area contributed by atoms with E-state index >= 15 is 0 Å². The summed E-state index contributed by atoms with van der Waals surface area (Å²) in [6.07, 6.45) is 5.48. The average molecular weight is 369 g/mol. The van der Waals surface area contributed by atoms with Gasteiger partial charge in [-0.15, -0.1) is 0 Å². The summed E-state index contributed by atoms with van der Waals surface area (Å²) in [5, 5.41) is 5.16. The number of hydrogen-bond acceptors (Lipinski definition) is 5. The van der Waals surface area contributed by atoms with Gasteiger partial charge in [-0.2, -0.15) is 5.10 Å². The van der Waals surface area contributed by atoms with E-state index in [1.807, 2.05) is 19.0 Å². The zero-order valence-electron chi connectivity index (χ0n) is 15.3. The highest BCUT2D eigenvalue weighted by atomic mass is 32.1. The Labute approximate surface area is 157 Å². The first-order valence-corrected chi connectivity index (χ1v) is 9.71. The first-order chi connectivity index (χ1) is 12.5. The number of benzene rings is 1. The third-order valence-electron chi connectivity index (χ3n) is 5.02. The Hall–Kier alpha value is -2.41.